The van der Waals surface area contributed by atoms with Crippen LogP contribution in [0.1, 0.15) is 77.8 Å². The molecular weight excluding hydrogens is 446 g/mol. The third kappa shape index (κ3) is 6.56. The predicted octanol–water partition coefficient (Wildman–Crippen LogP) is 5.37. The predicted molar refractivity (Wildman–Crippen MR) is 148 cm³/mol. The number of hydrogen-bond donors (Lipinski definition) is 1. The lowest BCUT2D eigenvalue weighted by molar-refractivity contribution is 0.0917. The summed E-state index contributed by atoms with van der Waals surface area (Å²) in [5.41, 5.74) is 5.35. The number of nitrogens with one attached hydrogen (secondary N) is 1. The number of para-hydroxylation sites is 1. The molecule has 1 amide bonds. The average Bonchev–Trinajstić information content (AvgIpc) is 3.09. The topological polar surface area (TPSA) is 52.7 Å². The van der Waals surface area contributed by atoms with Gasteiger partial charge in [-0.2, -0.15) is 0 Å². The van der Waals surface area contributed by atoms with Gasteiger partial charge in [-0.3, -0.25) is 9.59 Å². The molecule has 2 aliphatic rings. The SMILES string of the molecule is CC(C)C(=O)c1ccc2c(c1)CCN(CCC1CCC(NC(=O)c3ccccc3N(C)C)CC1)CC2. The molecule has 1 heterocycles. The number of amides is 1. The maximum atomic E-state index is 12.9. The number of carbonyl (C=O) groups excluding carboxylic acids is 2. The van der Waals surface area contributed by atoms with Crippen molar-refractivity contribution in [3.63, 3.8) is 0 Å². The van der Waals surface area contributed by atoms with Crippen LogP contribution < -0.4 is 10.2 Å². The van der Waals surface area contributed by atoms with Crippen molar-refractivity contribution in [1.29, 1.82) is 0 Å². The van der Waals surface area contributed by atoms with Gasteiger partial charge in [-0.05, 0) is 86.7 Å². The maximum absolute atomic E-state index is 12.9. The number of hydrogen-bond acceptors (Lipinski definition) is 4. The van der Waals surface area contributed by atoms with Crippen molar-refractivity contribution in [2.45, 2.75) is 64.8 Å². The summed E-state index contributed by atoms with van der Waals surface area (Å²) in [4.78, 5) is 29.9. The molecule has 1 N–H and O–H groups in total. The zero-order chi connectivity index (χ0) is 25.7. The van der Waals surface area contributed by atoms with Crippen LogP contribution in [0.3, 0.4) is 0 Å². The lowest BCUT2D eigenvalue weighted by Gasteiger charge is -2.31. The Bertz CT molecular complexity index is 1050. The Morgan fingerprint density at radius 2 is 1.67 bits per heavy atom. The summed E-state index contributed by atoms with van der Waals surface area (Å²) in [5.74, 6) is 1.08. The van der Waals surface area contributed by atoms with Gasteiger partial charge in [0.25, 0.3) is 5.91 Å². The fourth-order valence-electron chi connectivity index (χ4n) is 5.76. The standard InChI is InChI=1S/C31H43N3O2/c1-22(2)30(35)26-12-11-24-16-19-34(20-17-25(24)21-26)18-15-23-9-13-27(14-10-23)32-31(36)28-7-5-6-8-29(28)33(3)4/h5-8,11-12,21-23,27H,9-10,13-20H2,1-4H3,(H,32,36). The molecule has 2 aromatic rings. The highest BCUT2D eigenvalue weighted by Crippen LogP contribution is 2.28. The molecule has 0 saturated heterocycles. The molecule has 0 unspecified atom stereocenters. The highest BCUT2D eigenvalue weighted by atomic mass is 16.1. The molecule has 4 rings (SSSR count). The van der Waals surface area contributed by atoms with E-state index in [0.717, 1.165) is 68.0 Å². The Hall–Kier alpha value is -2.66. The van der Waals surface area contributed by atoms with Gasteiger partial charge in [0.15, 0.2) is 5.78 Å². The second kappa shape index (κ2) is 12.1. The number of benzene rings is 2. The first-order valence-electron chi connectivity index (χ1n) is 13.8. The largest absolute Gasteiger partial charge is 0.377 e. The molecule has 0 radical (unpaired) electrons. The molecule has 0 aromatic heterocycles. The van der Waals surface area contributed by atoms with E-state index in [2.05, 4.69) is 22.3 Å². The van der Waals surface area contributed by atoms with Crippen LogP contribution in [0, 0.1) is 11.8 Å². The van der Waals surface area contributed by atoms with Gasteiger partial charge in [-0.1, -0.05) is 38.1 Å². The number of rotatable bonds is 8. The fourth-order valence-corrected chi connectivity index (χ4v) is 5.76. The molecule has 0 atom stereocenters. The first kappa shape index (κ1) is 26.4. The smallest absolute Gasteiger partial charge is 0.253 e. The van der Waals surface area contributed by atoms with E-state index in [9.17, 15) is 9.59 Å². The van der Waals surface area contributed by atoms with Crippen molar-refractivity contribution in [3.05, 3.63) is 64.7 Å². The van der Waals surface area contributed by atoms with Gasteiger partial charge >= 0.3 is 0 Å². The van der Waals surface area contributed by atoms with Crippen molar-refractivity contribution in [2.24, 2.45) is 11.8 Å². The third-order valence-electron chi connectivity index (χ3n) is 8.08. The lowest BCUT2D eigenvalue weighted by atomic mass is 9.84. The summed E-state index contributed by atoms with van der Waals surface area (Å²) in [6, 6.07) is 14.5. The third-order valence-corrected chi connectivity index (χ3v) is 8.08. The van der Waals surface area contributed by atoms with Crippen LogP contribution in [0.2, 0.25) is 0 Å². The number of fused-ring (bicyclic) bond motifs is 1. The van der Waals surface area contributed by atoms with Crippen molar-refractivity contribution in [3.8, 4) is 0 Å². The first-order chi connectivity index (χ1) is 17.3. The Morgan fingerprint density at radius 1 is 0.972 bits per heavy atom. The maximum Gasteiger partial charge on any atom is 0.253 e. The van der Waals surface area contributed by atoms with Crippen LogP contribution in [0.4, 0.5) is 5.69 Å². The van der Waals surface area contributed by atoms with Crippen LogP contribution in [0.15, 0.2) is 42.5 Å². The van der Waals surface area contributed by atoms with E-state index in [1.807, 2.05) is 63.2 Å². The molecule has 194 valence electrons. The van der Waals surface area contributed by atoms with E-state index in [-0.39, 0.29) is 23.7 Å². The van der Waals surface area contributed by atoms with Crippen molar-refractivity contribution < 1.29 is 9.59 Å². The second-order valence-corrected chi connectivity index (χ2v) is 11.2. The molecule has 5 heteroatoms. The van der Waals surface area contributed by atoms with Gasteiger partial charge in [0, 0.05) is 50.4 Å². The Morgan fingerprint density at radius 3 is 2.36 bits per heavy atom. The molecule has 1 saturated carbocycles. The minimum atomic E-state index is 0.0441. The van der Waals surface area contributed by atoms with Crippen molar-refractivity contribution >= 4 is 17.4 Å². The molecule has 1 aliphatic carbocycles. The van der Waals surface area contributed by atoms with Crippen LogP contribution in [-0.2, 0) is 12.8 Å². The van der Waals surface area contributed by atoms with Gasteiger partial charge in [-0.25, -0.2) is 0 Å². The number of nitrogens with zero attached hydrogens (tertiary/aromatic N) is 2. The second-order valence-electron chi connectivity index (χ2n) is 11.2. The number of Topliss-reactive ketones (excluding diaryl/α,β-unsaturated/α-hetero) is 1. The van der Waals surface area contributed by atoms with Gasteiger partial charge in [0.1, 0.15) is 0 Å². The zero-order valence-corrected chi connectivity index (χ0v) is 22.6. The number of carbonyl (C=O) groups is 2. The van der Waals surface area contributed by atoms with Crippen LogP contribution in [0.25, 0.3) is 0 Å². The first-order valence-corrected chi connectivity index (χ1v) is 13.8. The van der Waals surface area contributed by atoms with Crippen molar-refractivity contribution in [1.82, 2.24) is 10.2 Å². The van der Waals surface area contributed by atoms with E-state index in [0.29, 0.717) is 0 Å². The molecular formula is C31H43N3O2. The van der Waals surface area contributed by atoms with E-state index in [1.54, 1.807) is 0 Å². The average molecular weight is 490 g/mol. The molecule has 1 fully saturated rings. The van der Waals surface area contributed by atoms with Gasteiger partial charge in [0.2, 0.25) is 0 Å². The van der Waals surface area contributed by atoms with E-state index in [4.69, 9.17) is 0 Å². The molecule has 2 aromatic carbocycles. The van der Waals surface area contributed by atoms with Gasteiger partial charge in [0.05, 0.1) is 5.56 Å². The molecule has 5 nitrogen and oxygen atoms in total. The monoisotopic (exact) mass is 489 g/mol. The number of anilines is 1. The van der Waals surface area contributed by atoms with Crippen molar-refractivity contribution in [2.75, 3.05) is 38.6 Å². The fraction of sp³-hybridized carbons (Fsp3) is 0.548. The van der Waals surface area contributed by atoms with E-state index in [1.165, 1.54) is 30.4 Å². The molecule has 36 heavy (non-hydrogen) atoms. The summed E-state index contributed by atoms with van der Waals surface area (Å²) < 4.78 is 0. The normalized spacial score (nSPS) is 20.5. The Balaban J connectivity index is 1.22. The summed E-state index contributed by atoms with van der Waals surface area (Å²) in [6.45, 7) is 7.26. The van der Waals surface area contributed by atoms with Gasteiger partial charge in [-0.15, -0.1) is 0 Å². The highest BCUT2D eigenvalue weighted by molar-refractivity contribution is 6.00. The Labute approximate surface area is 217 Å². The van der Waals surface area contributed by atoms with Crippen LogP contribution >= 0.6 is 0 Å². The number of ketones is 1. The minimum absolute atomic E-state index is 0.0441. The summed E-state index contributed by atoms with van der Waals surface area (Å²) in [6.07, 6.45) is 7.85. The summed E-state index contributed by atoms with van der Waals surface area (Å²) in [7, 11) is 3.96. The molecule has 0 bridgehead atoms. The minimum Gasteiger partial charge on any atom is -0.377 e. The van der Waals surface area contributed by atoms with Crippen LogP contribution in [-0.4, -0.2) is 56.4 Å². The zero-order valence-electron chi connectivity index (χ0n) is 22.6. The molecule has 1 aliphatic heterocycles. The van der Waals surface area contributed by atoms with Gasteiger partial charge < -0.3 is 15.1 Å². The quantitative estimate of drug-likeness (QED) is 0.507. The van der Waals surface area contributed by atoms with E-state index < -0.39 is 0 Å². The lowest BCUT2D eigenvalue weighted by Crippen LogP contribution is -2.38. The van der Waals surface area contributed by atoms with Crippen LogP contribution in [0.5, 0.6) is 0 Å². The van der Waals surface area contributed by atoms with E-state index >= 15 is 0 Å². The Kier molecular flexibility index (Phi) is 8.84. The summed E-state index contributed by atoms with van der Waals surface area (Å²) in [5, 5.41) is 3.29. The highest BCUT2D eigenvalue weighted by Gasteiger charge is 2.25. The molecule has 0 spiro atoms. The summed E-state index contributed by atoms with van der Waals surface area (Å²) >= 11 is 0.